The number of ether oxygens (including phenoxy) is 1. The Morgan fingerprint density at radius 3 is 2.58 bits per heavy atom. The van der Waals surface area contributed by atoms with Crippen molar-refractivity contribution >= 4 is 11.8 Å². The second-order valence-electron chi connectivity index (χ2n) is 7.49. The molecule has 0 bridgehead atoms. The zero-order valence-electron chi connectivity index (χ0n) is 15.2. The molecule has 2 N–H and O–H groups in total. The number of para-hydroxylation sites is 1. The first-order valence-corrected chi connectivity index (χ1v) is 9.55. The fourth-order valence-electron chi connectivity index (χ4n) is 4.15. The standard InChI is InChI=1S/C22H26N2O2/c1-15-20(17-10-7-11-17)23-19-13-6-5-12-18(19)21(15)24-22(25)26-14-16-8-3-2-4-9-16/h2-6,8-9,12-13,15,17,20-21,23H,7,10-11,14H2,1H3,(H,24,25). The van der Waals surface area contributed by atoms with Gasteiger partial charge in [0.25, 0.3) is 0 Å². The fourth-order valence-corrected chi connectivity index (χ4v) is 4.15. The molecule has 3 unspecified atom stereocenters. The lowest BCUT2D eigenvalue weighted by molar-refractivity contribution is 0.125. The maximum absolute atomic E-state index is 12.4. The van der Waals surface area contributed by atoms with E-state index in [0.717, 1.165) is 16.8 Å². The summed E-state index contributed by atoms with van der Waals surface area (Å²) in [5.41, 5.74) is 3.27. The second kappa shape index (κ2) is 7.40. The van der Waals surface area contributed by atoms with E-state index in [0.29, 0.717) is 24.5 Å². The Balaban J connectivity index is 1.47. The quantitative estimate of drug-likeness (QED) is 0.826. The van der Waals surface area contributed by atoms with Gasteiger partial charge in [0.15, 0.2) is 0 Å². The average Bonchev–Trinajstić information content (AvgIpc) is 2.63. The molecule has 4 heteroatoms. The molecule has 4 rings (SSSR count). The molecule has 4 nitrogen and oxygen atoms in total. The van der Waals surface area contributed by atoms with Crippen molar-refractivity contribution in [1.29, 1.82) is 0 Å². The highest BCUT2D eigenvalue weighted by Crippen LogP contribution is 2.43. The van der Waals surface area contributed by atoms with Crippen LogP contribution in [0.3, 0.4) is 0 Å². The largest absolute Gasteiger partial charge is 0.445 e. The molecule has 1 aliphatic carbocycles. The summed E-state index contributed by atoms with van der Waals surface area (Å²) < 4.78 is 5.46. The van der Waals surface area contributed by atoms with Crippen molar-refractivity contribution in [2.75, 3.05) is 5.32 Å². The van der Waals surface area contributed by atoms with Gasteiger partial charge in [0, 0.05) is 17.6 Å². The number of hydrogen-bond acceptors (Lipinski definition) is 3. The molecule has 2 aromatic rings. The molecule has 2 aromatic carbocycles. The van der Waals surface area contributed by atoms with E-state index in [1.807, 2.05) is 42.5 Å². The van der Waals surface area contributed by atoms with Gasteiger partial charge in [-0.25, -0.2) is 4.79 Å². The molecule has 0 saturated heterocycles. The second-order valence-corrected chi connectivity index (χ2v) is 7.49. The van der Waals surface area contributed by atoms with Crippen molar-refractivity contribution in [2.24, 2.45) is 11.8 Å². The van der Waals surface area contributed by atoms with Crippen LogP contribution < -0.4 is 10.6 Å². The minimum atomic E-state index is -0.352. The molecule has 1 amide bonds. The topological polar surface area (TPSA) is 50.4 Å². The summed E-state index contributed by atoms with van der Waals surface area (Å²) >= 11 is 0. The number of hydrogen-bond donors (Lipinski definition) is 2. The zero-order chi connectivity index (χ0) is 17.9. The predicted molar refractivity (Wildman–Crippen MR) is 103 cm³/mol. The van der Waals surface area contributed by atoms with Gasteiger partial charge < -0.3 is 15.4 Å². The minimum absolute atomic E-state index is 0.0266. The van der Waals surface area contributed by atoms with Crippen LogP contribution in [0.4, 0.5) is 10.5 Å². The molecule has 1 fully saturated rings. The van der Waals surface area contributed by atoms with Crippen molar-refractivity contribution in [2.45, 2.75) is 44.9 Å². The van der Waals surface area contributed by atoms with Gasteiger partial charge in [0.2, 0.25) is 0 Å². The first kappa shape index (κ1) is 17.0. The van der Waals surface area contributed by atoms with Crippen molar-refractivity contribution in [3.63, 3.8) is 0 Å². The van der Waals surface area contributed by atoms with Crippen LogP contribution in [-0.4, -0.2) is 12.1 Å². The molecular formula is C22H26N2O2. The Hall–Kier alpha value is -2.49. The molecule has 2 aliphatic rings. The molecule has 3 atom stereocenters. The number of nitrogens with one attached hydrogen (secondary N) is 2. The summed E-state index contributed by atoms with van der Waals surface area (Å²) in [4.78, 5) is 12.4. The summed E-state index contributed by atoms with van der Waals surface area (Å²) in [6.07, 6.45) is 3.51. The number of alkyl carbamates (subject to hydrolysis) is 1. The zero-order valence-corrected chi connectivity index (χ0v) is 15.2. The lowest BCUT2D eigenvalue weighted by Gasteiger charge is -2.45. The van der Waals surface area contributed by atoms with E-state index in [1.165, 1.54) is 19.3 Å². The van der Waals surface area contributed by atoms with E-state index < -0.39 is 0 Å². The molecule has 26 heavy (non-hydrogen) atoms. The summed E-state index contributed by atoms with van der Waals surface area (Å²) in [5, 5.41) is 6.84. The maximum atomic E-state index is 12.4. The molecule has 136 valence electrons. The molecule has 1 aliphatic heterocycles. The first-order chi connectivity index (χ1) is 12.7. The SMILES string of the molecule is CC1C(NC(=O)OCc2ccccc2)c2ccccc2NC1C1CCC1. The summed E-state index contributed by atoms with van der Waals surface area (Å²) in [7, 11) is 0. The van der Waals surface area contributed by atoms with E-state index in [4.69, 9.17) is 4.74 Å². The first-order valence-electron chi connectivity index (χ1n) is 9.55. The van der Waals surface area contributed by atoms with E-state index in [9.17, 15) is 4.79 Å². The van der Waals surface area contributed by atoms with Gasteiger partial charge in [-0.2, -0.15) is 0 Å². The van der Waals surface area contributed by atoms with Gasteiger partial charge in [-0.3, -0.25) is 0 Å². The third-order valence-corrected chi connectivity index (χ3v) is 5.85. The van der Waals surface area contributed by atoms with Crippen molar-refractivity contribution in [1.82, 2.24) is 5.32 Å². The normalized spacial score (nSPS) is 24.7. The van der Waals surface area contributed by atoms with Gasteiger partial charge >= 0.3 is 6.09 Å². The molecule has 1 heterocycles. The lowest BCUT2D eigenvalue weighted by Crippen LogP contribution is -2.48. The van der Waals surface area contributed by atoms with E-state index in [2.05, 4.69) is 29.7 Å². The van der Waals surface area contributed by atoms with Gasteiger partial charge in [-0.15, -0.1) is 0 Å². The molecule has 0 radical (unpaired) electrons. The van der Waals surface area contributed by atoms with Gasteiger partial charge in [-0.05, 0) is 36.0 Å². The average molecular weight is 350 g/mol. The molecule has 0 aromatic heterocycles. The Kier molecular flexibility index (Phi) is 4.83. The Labute approximate surface area is 155 Å². The number of rotatable bonds is 4. The fraction of sp³-hybridized carbons (Fsp3) is 0.409. The number of amides is 1. The Bertz CT molecular complexity index is 758. The van der Waals surface area contributed by atoms with E-state index in [1.54, 1.807) is 0 Å². The van der Waals surface area contributed by atoms with Crippen LogP contribution in [0, 0.1) is 11.8 Å². The van der Waals surface area contributed by atoms with Crippen LogP contribution in [0.15, 0.2) is 54.6 Å². The van der Waals surface area contributed by atoms with Crippen molar-refractivity contribution in [3.05, 3.63) is 65.7 Å². The van der Waals surface area contributed by atoms with Crippen LogP contribution in [-0.2, 0) is 11.3 Å². The number of anilines is 1. The van der Waals surface area contributed by atoms with E-state index in [-0.39, 0.29) is 12.1 Å². The van der Waals surface area contributed by atoms with Gasteiger partial charge in [-0.1, -0.05) is 61.9 Å². The summed E-state index contributed by atoms with van der Waals surface area (Å²) in [6.45, 7) is 2.52. The minimum Gasteiger partial charge on any atom is -0.445 e. The monoisotopic (exact) mass is 350 g/mol. The smallest absolute Gasteiger partial charge is 0.407 e. The lowest BCUT2D eigenvalue weighted by atomic mass is 9.70. The highest BCUT2D eigenvalue weighted by Gasteiger charge is 2.40. The van der Waals surface area contributed by atoms with Crippen LogP contribution in [0.1, 0.15) is 43.4 Å². The number of benzene rings is 2. The Morgan fingerprint density at radius 1 is 1.12 bits per heavy atom. The van der Waals surface area contributed by atoms with Crippen LogP contribution >= 0.6 is 0 Å². The van der Waals surface area contributed by atoms with Gasteiger partial charge in [0.05, 0.1) is 6.04 Å². The molecule has 0 spiro atoms. The Morgan fingerprint density at radius 2 is 1.85 bits per heavy atom. The third kappa shape index (κ3) is 3.41. The molecular weight excluding hydrogens is 324 g/mol. The predicted octanol–water partition coefficient (Wildman–Crippen LogP) is 4.88. The van der Waals surface area contributed by atoms with Crippen LogP contribution in [0.5, 0.6) is 0 Å². The van der Waals surface area contributed by atoms with E-state index >= 15 is 0 Å². The highest BCUT2D eigenvalue weighted by molar-refractivity contribution is 5.69. The van der Waals surface area contributed by atoms with Crippen molar-refractivity contribution < 1.29 is 9.53 Å². The number of fused-ring (bicyclic) bond motifs is 1. The van der Waals surface area contributed by atoms with Crippen LogP contribution in [0.2, 0.25) is 0 Å². The highest BCUT2D eigenvalue weighted by atomic mass is 16.5. The van der Waals surface area contributed by atoms with Crippen molar-refractivity contribution in [3.8, 4) is 0 Å². The van der Waals surface area contributed by atoms with Crippen LogP contribution in [0.25, 0.3) is 0 Å². The summed E-state index contributed by atoms with van der Waals surface area (Å²) in [5.74, 6) is 1.02. The maximum Gasteiger partial charge on any atom is 0.407 e. The van der Waals surface area contributed by atoms with Gasteiger partial charge in [0.1, 0.15) is 6.61 Å². The molecule has 1 saturated carbocycles. The number of carbonyl (C=O) groups is 1. The summed E-state index contributed by atoms with van der Waals surface area (Å²) in [6, 6.07) is 18.4. The number of carbonyl (C=O) groups excluding carboxylic acids is 1. The third-order valence-electron chi connectivity index (χ3n) is 5.85.